The number of carbonyl (C=O) groups is 2. The number of hydrogen-bond acceptors (Lipinski definition) is 5. The van der Waals surface area contributed by atoms with Crippen LogP contribution in [0, 0.1) is 0 Å². The first-order valence-corrected chi connectivity index (χ1v) is 8.79. The van der Waals surface area contributed by atoms with Crippen LogP contribution in [0.15, 0.2) is 54.1 Å². The Morgan fingerprint density at radius 3 is 2.64 bits per heavy atom. The minimum Gasteiger partial charge on any atom is -0.449 e. The molecule has 22 heavy (non-hydrogen) atoms. The van der Waals surface area contributed by atoms with Gasteiger partial charge in [0.2, 0.25) is 0 Å². The summed E-state index contributed by atoms with van der Waals surface area (Å²) in [6.07, 6.45) is 1.54. The van der Waals surface area contributed by atoms with Gasteiger partial charge in [-0.1, -0.05) is 23.4 Å². The molecule has 0 spiro atoms. The van der Waals surface area contributed by atoms with Crippen LogP contribution in [0.4, 0.5) is 4.79 Å². The Morgan fingerprint density at radius 2 is 2.00 bits per heavy atom. The van der Waals surface area contributed by atoms with Gasteiger partial charge in [-0.15, -0.1) is 0 Å². The van der Waals surface area contributed by atoms with E-state index in [-0.39, 0.29) is 5.24 Å². The van der Waals surface area contributed by atoms with Crippen LogP contribution in [0.25, 0.3) is 6.08 Å². The summed E-state index contributed by atoms with van der Waals surface area (Å²) >= 11 is 11.6. The molecule has 0 aliphatic carbocycles. The van der Waals surface area contributed by atoms with Crippen molar-refractivity contribution < 1.29 is 14.0 Å². The number of hydrogen-bond donors (Lipinski definition) is 1. The number of imide groups is 1. The summed E-state index contributed by atoms with van der Waals surface area (Å²) in [6.45, 7) is 0. The average Bonchev–Trinajstić information content (AvgIpc) is 2.96. The Balaban J connectivity index is 1.82. The Morgan fingerprint density at radius 1 is 1.27 bits per heavy atom. The second kappa shape index (κ2) is 6.54. The molecule has 1 aromatic carbocycles. The molecule has 4 nitrogen and oxygen atoms in total. The van der Waals surface area contributed by atoms with Gasteiger partial charge in [-0.25, -0.2) is 0 Å². The summed E-state index contributed by atoms with van der Waals surface area (Å²) < 4.78 is 6.47. The molecule has 1 fully saturated rings. The lowest BCUT2D eigenvalue weighted by Crippen LogP contribution is -2.17. The third-order valence-electron chi connectivity index (χ3n) is 2.61. The van der Waals surface area contributed by atoms with Gasteiger partial charge in [0.05, 0.1) is 9.38 Å². The Kier molecular flexibility index (Phi) is 4.67. The van der Waals surface area contributed by atoms with Crippen LogP contribution in [0.3, 0.4) is 0 Å². The molecular weight excluding hydrogens is 410 g/mol. The first kappa shape index (κ1) is 15.7. The van der Waals surface area contributed by atoms with Gasteiger partial charge in [-0.05, 0) is 58.0 Å². The summed E-state index contributed by atoms with van der Waals surface area (Å²) in [5, 5.41) is 3.15. The van der Waals surface area contributed by atoms with Gasteiger partial charge in [0, 0.05) is 16.0 Å². The molecule has 1 saturated heterocycles. The zero-order chi connectivity index (χ0) is 15.7. The van der Waals surface area contributed by atoms with Crippen LogP contribution in [0.1, 0.15) is 5.76 Å². The highest BCUT2D eigenvalue weighted by molar-refractivity contribution is 9.10. The molecule has 0 saturated carbocycles. The number of halogens is 2. The molecule has 3 rings (SSSR count). The van der Waals surface area contributed by atoms with Crippen LogP contribution in [0.5, 0.6) is 0 Å². The highest BCUT2D eigenvalue weighted by Crippen LogP contribution is 2.37. The number of furan rings is 1. The zero-order valence-electron chi connectivity index (χ0n) is 10.8. The van der Waals surface area contributed by atoms with Crippen molar-refractivity contribution in [3.8, 4) is 0 Å². The zero-order valence-corrected chi connectivity index (χ0v) is 14.7. The van der Waals surface area contributed by atoms with Crippen LogP contribution in [-0.4, -0.2) is 11.1 Å². The first-order valence-electron chi connectivity index (χ1n) is 5.99. The van der Waals surface area contributed by atoms with Gasteiger partial charge in [-0.3, -0.25) is 14.9 Å². The monoisotopic (exact) mass is 415 g/mol. The van der Waals surface area contributed by atoms with Gasteiger partial charge in [0.1, 0.15) is 5.76 Å². The third kappa shape index (κ3) is 3.60. The number of benzene rings is 1. The third-order valence-corrected chi connectivity index (χ3v) is 5.52. The predicted octanol–water partition coefficient (Wildman–Crippen LogP) is 5.17. The minimum absolute atomic E-state index is 0.314. The summed E-state index contributed by atoms with van der Waals surface area (Å²) in [5.41, 5.74) is 0. The molecule has 1 aliphatic rings. The molecule has 1 aliphatic heterocycles. The SMILES string of the molecule is O=C1NC(=O)C(=Cc2cc(Br)c(Sc3ccc(Cl)cc3)o2)S1. The van der Waals surface area contributed by atoms with Crippen molar-refractivity contribution in [2.24, 2.45) is 0 Å². The second-order valence-corrected chi connectivity index (χ2v) is 7.54. The van der Waals surface area contributed by atoms with Crippen molar-refractivity contribution in [1.29, 1.82) is 0 Å². The summed E-state index contributed by atoms with van der Waals surface area (Å²) in [4.78, 5) is 23.9. The fraction of sp³-hybridized carbons (Fsp3) is 0. The van der Waals surface area contributed by atoms with Gasteiger partial charge in [0.15, 0.2) is 5.09 Å². The summed E-state index contributed by atoms with van der Waals surface area (Å²) in [5.74, 6) is 0.0881. The molecule has 0 unspecified atom stereocenters. The molecule has 2 heterocycles. The largest absolute Gasteiger partial charge is 0.449 e. The smallest absolute Gasteiger partial charge is 0.290 e. The molecular formula is C14H7BrClNO3S2. The van der Waals surface area contributed by atoms with Crippen molar-refractivity contribution in [2.45, 2.75) is 9.99 Å². The number of carbonyl (C=O) groups excluding carboxylic acids is 2. The van der Waals surface area contributed by atoms with Gasteiger partial charge in [-0.2, -0.15) is 0 Å². The maximum absolute atomic E-state index is 11.5. The normalized spacial score (nSPS) is 16.4. The van der Waals surface area contributed by atoms with Crippen LogP contribution in [-0.2, 0) is 4.79 Å². The summed E-state index contributed by atoms with van der Waals surface area (Å²) in [6, 6.07) is 9.13. The molecule has 0 bridgehead atoms. The first-order chi connectivity index (χ1) is 10.5. The van der Waals surface area contributed by atoms with Crippen LogP contribution < -0.4 is 5.32 Å². The fourth-order valence-electron chi connectivity index (χ4n) is 1.67. The Hall–Kier alpha value is -1.15. The fourth-order valence-corrected chi connectivity index (χ4v) is 3.79. The van der Waals surface area contributed by atoms with E-state index < -0.39 is 5.91 Å². The van der Waals surface area contributed by atoms with E-state index in [1.54, 1.807) is 24.3 Å². The molecule has 0 radical (unpaired) electrons. The molecule has 112 valence electrons. The van der Waals surface area contributed by atoms with E-state index in [0.717, 1.165) is 21.1 Å². The van der Waals surface area contributed by atoms with E-state index >= 15 is 0 Å². The van der Waals surface area contributed by atoms with E-state index in [0.29, 0.717) is 20.8 Å². The average molecular weight is 417 g/mol. The van der Waals surface area contributed by atoms with Gasteiger partial charge < -0.3 is 4.42 Å². The number of rotatable bonds is 3. The quantitative estimate of drug-likeness (QED) is 0.699. The minimum atomic E-state index is -0.408. The van der Waals surface area contributed by atoms with Crippen molar-refractivity contribution in [3.63, 3.8) is 0 Å². The maximum Gasteiger partial charge on any atom is 0.290 e. The molecule has 1 aromatic heterocycles. The lowest BCUT2D eigenvalue weighted by atomic mass is 10.4. The van der Waals surface area contributed by atoms with Crippen molar-refractivity contribution >= 4 is 68.3 Å². The van der Waals surface area contributed by atoms with E-state index in [4.69, 9.17) is 16.0 Å². The van der Waals surface area contributed by atoms with E-state index in [2.05, 4.69) is 21.2 Å². The lowest BCUT2D eigenvalue weighted by molar-refractivity contribution is -0.115. The molecule has 0 atom stereocenters. The van der Waals surface area contributed by atoms with Crippen molar-refractivity contribution in [3.05, 3.63) is 50.5 Å². The van der Waals surface area contributed by atoms with Crippen molar-refractivity contribution in [1.82, 2.24) is 5.32 Å². The Bertz CT molecular complexity index is 786. The van der Waals surface area contributed by atoms with Gasteiger partial charge in [0.25, 0.3) is 11.1 Å². The van der Waals surface area contributed by atoms with E-state index in [1.165, 1.54) is 11.8 Å². The number of nitrogens with one attached hydrogen (secondary N) is 1. The van der Waals surface area contributed by atoms with Crippen molar-refractivity contribution in [2.75, 3.05) is 0 Å². The van der Waals surface area contributed by atoms with E-state index in [1.807, 2.05) is 12.1 Å². The highest BCUT2D eigenvalue weighted by Gasteiger charge is 2.25. The summed E-state index contributed by atoms with van der Waals surface area (Å²) in [7, 11) is 0. The predicted molar refractivity (Wildman–Crippen MR) is 91.1 cm³/mol. The highest BCUT2D eigenvalue weighted by atomic mass is 79.9. The molecule has 2 aromatic rings. The maximum atomic E-state index is 11.5. The standard InChI is InChI=1S/C14H7BrClNO3S2/c15-10-5-8(6-11-12(18)17-14(19)22-11)20-13(10)21-9-3-1-7(16)2-4-9/h1-6H,(H,17,18,19). The van der Waals surface area contributed by atoms with E-state index in [9.17, 15) is 9.59 Å². The molecule has 2 amide bonds. The van der Waals surface area contributed by atoms with Gasteiger partial charge >= 0.3 is 0 Å². The topological polar surface area (TPSA) is 59.3 Å². The number of amides is 2. The lowest BCUT2D eigenvalue weighted by Gasteiger charge is -1.98. The Labute approximate surface area is 147 Å². The van der Waals surface area contributed by atoms with Crippen LogP contribution in [0.2, 0.25) is 5.02 Å². The molecule has 8 heteroatoms. The molecule has 1 N–H and O–H groups in total. The van der Waals surface area contributed by atoms with Crippen LogP contribution >= 0.6 is 51.1 Å². The second-order valence-electron chi connectivity index (χ2n) is 4.19. The number of thioether (sulfide) groups is 1.